The van der Waals surface area contributed by atoms with Crippen LogP contribution in [0, 0.1) is 5.92 Å². The molecular formula is C13H19ClO. The molecule has 0 bridgehead atoms. The zero-order chi connectivity index (χ0) is 10.3. The first-order valence-corrected chi connectivity index (χ1v) is 6.70. The minimum absolute atomic E-state index is 0.286. The highest BCUT2D eigenvalue weighted by molar-refractivity contribution is 6.22. The second-order valence-corrected chi connectivity index (χ2v) is 5.93. The first-order valence-electron chi connectivity index (χ1n) is 6.26. The molecule has 1 saturated carbocycles. The number of alkyl halides is 1. The Morgan fingerprint density at radius 2 is 2.20 bits per heavy atom. The van der Waals surface area contributed by atoms with Crippen molar-refractivity contribution in [3.63, 3.8) is 0 Å². The fraction of sp³-hybridized carbons (Fsp3) is 0.846. The zero-order valence-electron chi connectivity index (χ0n) is 9.18. The summed E-state index contributed by atoms with van der Waals surface area (Å²) in [6.45, 7) is 0.967. The van der Waals surface area contributed by atoms with E-state index in [1.807, 2.05) is 0 Å². The molecule has 2 fully saturated rings. The highest BCUT2D eigenvalue weighted by Crippen LogP contribution is 2.47. The molecule has 15 heavy (non-hydrogen) atoms. The number of rotatable bonds is 1. The van der Waals surface area contributed by atoms with Gasteiger partial charge in [0.15, 0.2) is 0 Å². The summed E-state index contributed by atoms with van der Waals surface area (Å²) in [5.74, 6) is 0.780. The van der Waals surface area contributed by atoms with Crippen LogP contribution in [0.3, 0.4) is 0 Å². The Kier molecular flexibility index (Phi) is 2.56. The molecular weight excluding hydrogens is 208 g/mol. The van der Waals surface area contributed by atoms with E-state index < -0.39 is 0 Å². The molecule has 1 saturated heterocycles. The van der Waals surface area contributed by atoms with Gasteiger partial charge in [-0.2, -0.15) is 0 Å². The zero-order valence-corrected chi connectivity index (χ0v) is 9.93. The highest BCUT2D eigenvalue weighted by Gasteiger charge is 2.43. The molecule has 2 aliphatic carbocycles. The van der Waals surface area contributed by atoms with Gasteiger partial charge in [-0.15, -0.1) is 11.6 Å². The number of ether oxygens (including phenoxy) is 1. The van der Waals surface area contributed by atoms with Crippen molar-refractivity contribution in [3.05, 3.63) is 11.6 Å². The van der Waals surface area contributed by atoms with Gasteiger partial charge in [-0.05, 0) is 50.9 Å². The van der Waals surface area contributed by atoms with Crippen LogP contribution in [0.15, 0.2) is 11.6 Å². The summed E-state index contributed by atoms with van der Waals surface area (Å²) in [6, 6.07) is 0. The van der Waals surface area contributed by atoms with Crippen LogP contribution in [0.25, 0.3) is 0 Å². The maximum Gasteiger partial charge on any atom is 0.0688 e. The molecule has 2 atom stereocenters. The van der Waals surface area contributed by atoms with E-state index in [9.17, 15) is 0 Å². The average molecular weight is 227 g/mol. The van der Waals surface area contributed by atoms with Gasteiger partial charge in [0.25, 0.3) is 0 Å². The van der Waals surface area contributed by atoms with E-state index in [-0.39, 0.29) is 5.60 Å². The molecule has 84 valence electrons. The maximum atomic E-state index is 6.14. The molecule has 1 nitrogen and oxygen atoms in total. The van der Waals surface area contributed by atoms with Crippen LogP contribution in [0.5, 0.6) is 0 Å². The summed E-state index contributed by atoms with van der Waals surface area (Å²) in [7, 11) is 0. The van der Waals surface area contributed by atoms with Gasteiger partial charge in [-0.3, -0.25) is 0 Å². The van der Waals surface area contributed by atoms with Gasteiger partial charge in [0.05, 0.1) is 11.0 Å². The lowest BCUT2D eigenvalue weighted by Crippen LogP contribution is -2.45. The van der Waals surface area contributed by atoms with Crippen molar-refractivity contribution in [2.24, 2.45) is 5.92 Å². The highest BCUT2D eigenvalue weighted by atomic mass is 35.5. The second kappa shape index (κ2) is 3.78. The summed E-state index contributed by atoms with van der Waals surface area (Å²) < 4.78 is 5.96. The van der Waals surface area contributed by atoms with E-state index in [0.717, 1.165) is 18.9 Å². The molecule has 2 unspecified atom stereocenters. The van der Waals surface area contributed by atoms with Crippen molar-refractivity contribution < 1.29 is 4.74 Å². The van der Waals surface area contributed by atoms with E-state index in [4.69, 9.17) is 16.3 Å². The summed E-state index contributed by atoms with van der Waals surface area (Å²) >= 11 is 6.14. The Balaban J connectivity index is 1.69. The Bertz CT molecular complexity index is 280. The molecule has 2 heteroatoms. The fourth-order valence-electron chi connectivity index (χ4n) is 3.31. The second-order valence-electron chi connectivity index (χ2n) is 5.37. The Morgan fingerprint density at radius 3 is 2.80 bits per heavy atom. The molecule has 0 amide bonds. The molecule has 0 radical (unpaired) electrons. The minimum Gasteiger partial charge on any atom is -0.375 e. The van der Waals surface area contributed by atoms with Crippen LogP contribution in [0.2, 0.25) is 0 Å². The Hall–Kier alpha value is -0.0100. The van der Waals surface area contributed by atoms with E-state index in [1.54, 1.807) is 5.57 Å². The van der Waals surface area contributed by atoms with Gasteiger partial charge in [0.2, 0.25) is 0 Å². The maximum absolute atomic E-state index is 6.14. The van der Waals surface area contributed by atoms with E-state index >= 15 is 0 Å². The quantitative estimate of drug-likeness (QED) is 0.490. The van der Waals surface area contributed by atoms with Crippen LogP contribution in [-0.2, 0) is 4.74 Å². The molecule has 0 N–H and O–H groups in total. The third kappa shape index (κ3) is 1.85. The Labute approximate surface area is 96.8 Å². The first-order chi connectivity index (χ1) is 7.27. The predicted octanol–water partition coefficient (Wildman–Crippen LogP) is 3.66. The van der Waals surface area contributed by atoms with Gasteiger partial charge >= 0.3 is 0 Å². The lowest BCUT2D eigenvalue weighted by molar-refractivity contribution is -0.138. The van der Waals surface area contributed by atoms with Crippen molar-refractivity contribution in [3.8, 4) is 0 Å². The lowest BCUT2D eigenvalue weighted by Gasteiger charge is -2.47. The minimum atomic E-state index is 0.286. The van der Waals surface area contributed by atoms with Crippen LogP contribution in [0.1, 0.15) is 44.9 Å². The van der Waals surface area contributed by atoms with E-state index in [2.05, 4.69) is 6.08 Å². The van der Waals surface area contributed by atoms with Crippen LogP contribution >= 0.6 is 11.6 Å². The molecule has 1 spiro atoms. The number of hydrogen-bond donors (Lipinski definition) is 0. The summed E-state index contributed by atoms with van der Waals surface area (Å²) in [4.78, 5) is 0. The largest absolute Gasteiger partial charge is 0.375 e. The van der Waals surface area contributed by atoms with E-state index in [0.29, 0.717) is 5.38 Å². The SMILES string of the molecule is ClC1C=C(C2CCOC3(CCC3)C2)CC1. The number of halogens is 1. The van der Waals surface area contributed by atoms with Crippen molar-refractivity contribution in [2.45, 2.75) is 55.9 Å². The normalized spacial score (nSPS) is 38.9. The van der Waals surface area contributed by atoms with Gasteiger partial charge in [-0.25, -0.2) is 0 Å². The first kappa shape index (κ1) is 10.2. The van der Waals surface area contributed by atoms with E-state index in [1.165, 1.54) is 38.5 Å². The molecule has 3 aliphatic rings. The van der Waals surface area contributed by atoms with Crippen molar-refractivity contribution in [1.29, 1.82) is 0 Å². The number of hydrogen-bond acceptors (Lipinski definition) is 1. The van der Waals surface area contributed by atoms with Crippen LogP contribution in [-0.4, -0.2) is 17.6 Å². The smallest absolute Gasteiger partial charge is 0.0688 e. The summed E-state index contributed by atoms with van der Waals surface area (Å²) in [5.41, 5.74) is 1.92. The van der Waals surface area contributed by atoms with Crippen LogP contribution in [0.4, 0.5) is 0 Å². The monoisotopic (exact) mass is 226 g/mol. The molecule has 0 aromatic carbocycles. The predicted molar refractivity (Wildman–Crippen MR) is 62.2 cm³/mol. The van der Waals surface area contributed by atoms with Crippen LogP contribution < -0.4 is 0 Å². The number of allylic oxidation sites excluding steroid dienone is 2. The molecule has 3 rings (SSSR count). The Morgan fingerprint density at radius 1 is 1.33 bits per heavy atom. The lowest BCUT2D eigenvalue weighted by atomic mass is 9.70. The van der Waals surface area contributed by atoms with Gasteiger partial charge < -0.3 is 4.74 Å². The summed E-state index contributed by atoms with van der Waals surface area (Å²) in [5, 5.41) is 0.306. The van der Waals surface area contributed by atoms with Gasteiger partial charge in [-0.1, -0.05) is 11.6 Å². The molecule has 1 heterocycles. The van der Waals surface area contributed by atoms with Crippen molar-refractivity contribution in [1.82, 2.24) is 0 Å². The molecule has 1 aliphatic heterocycles. The molecule has 0 aromatic heterocycles. The molecule has 0 aromatic rings. The van der Waals surface area contributed by atoms with Crippen molar-refractivity contribution in [2.75, 3.05) is 6.61 Å². The van der Waals surface area contributed by atoms with Gasteiger partial charge in [0.1, 0.15) is 0 Å². The third-order valence-electron chi connectivity index (χ3n) is 4.39. The van der Waals surface area contributed by atoms with Crippen molar-refractivity contribution >= 4 is 11.6 Å². The average Bonchev–Trinajstić information content (AvgIpc) is 2.63. The van der Waals surface area contributed by atoms with Gasteiger partial charge in [0, 0.05) is 6.61 Å². The summed E-state index contributed by atoms with van der Waals surface area (Å²) in [6.07, 6.45) is 11.1. The topological polar surface area (TPSA) is 9.23 Å². The third-order valence-corrected chi connectivity index (χ3v) is 4.73. The fourth-order valence-corrected chi connectivity index (χ4v) is 3.58. The standard InChI is InChI=1S/C13H19ClO/c14-12-3-2-10(8-12)11-4-7-15-13(9-11)5-1-6-13/h8,11-12H,1-7,9H2.